The zero-order chi connectivity index (χ0) is 15.0. The Morgan fingerprint density at radius 3 is 2.75 bits per heavy atom. The third-order valence-electron chi connectivity index (χ3n) is 3.84. The molecule has 6 nitrogen and oxygen atoms in total. The minimum atomic E-state index is -3.51. The van der Waals surface area contributed by atoms with Crippen molar-refractivity contribution in [2.24, 2.45) is 5.41 Å². The molecule has 7 heteroatoms. The van der Waals surface area contributed by atoms with Gasteiger partial charge in [0.25, 0.3) is 10.0 Å². The summed E-state index contributed by atoms with van der Waals surface area (Å²) in [5, 5.41) is 9.99. The van der Waals surface area contributed by atoms with Crippen LogP contribution in [-0.2, 0) is 16.6 Å². The predicted octanol–water partition coefficient (Wildman–Crippen LogP) is 1.25. The van der Waals surface area contributed by atoms with Gasteiger partial charge in [-0.25, -0.2) is 8.42 Å². The molecule has 0 radical (unpaired) electrons. The van der Waals surface area contributed by atoms with Crippen molar-refractivity contribution in [2.45, 2.75) is 45.2 Å². The molecule has 2 N–H and O–H groups in total. The van der Waals surface area contributed by atoms with E-state index in [1.165, 1.54) is 0 Å². The van der Waals surface area contributed by atoms with Gasteiger partial charge in [-0.2, -0.15) is 9.40 Å². The first-order chi connectivity index (χ1) is 9.28. The number of nitrogens with zero attached hydrogens (tertiary/aromatic N) is 2. The highest BCUT2D eigenvalue weighted by molar-refractivity contribution is 7.89. The fraction of sp³-hybridized carbons (Fsp3) is 0.769. The first-order valence-electron chi connectivity index (χ1n) is 6.96. The zero-order valence-electron chi connectivity index (χ0n) is 12.7. The Morgan fingerprint density at radius 2 is 2.15 bits per heavy atom. The van der Waals surface area contributed by atoms with Crippen LogP contribution in [0.1, 0.15) is 37.9 Å². The first-order valence-corrected chi connectivity index (χ1v) is 8.40. The van der Waals surface area contributed by atoms with Crippen molar-refractivity contribution >= 4 is 10.0 Å². The summed E-state index contributed by atoms with van der Waals surface area (Å²) in [7, 11) is -1.72. The van der Waals surface area contributed by atoms with Gasteiger partial charge in [0, 0.05) is 30.9 Å². The average molecular weight is 300 g/mol. The normalized spacial score (nSPS) is 20.2. The molecule has 1 aromatic heterocycles. The summed E-state index contributed by atoms with van der Waals surface area (Å²) < 4.78 is 27.2. The van der Waals surface area contributed by atoms with Gasteiger partial charge in [-0.15, -0.1) is 0 Å². The summed E-state index contributed by atoms with van der Waals surface area (Å²) in [5.74, 6) is 0. The molecule has 0 atom stereocenters. The maximum absolute atomic E-state index is 12.8. The van der Waals surface area contributed by atoms with E-state index in [9.17, 15) is 8.42 Å². The van der Waals surface area contributed by atoms with Crippen LogP contribution in [-0.4, -0.2) is 43.1 Å². The Hall–Kier alpha value is -0.920. The molecule has 0 aromatic carbocycles. The second-order valence-corrected chi connectivity index (χ2v) is 8.12. The number of rotatable bonds is 4. The lowest BCUT2D eigenvalue weighted by molar-refractivity contribution is 0.186. The summed E-state index contributed by atoms with van der Waals surface area (Å²) in [4.78, 5) is 0. The predicted molar refractivity (Wildman–Crippen MR) is 77.9 cm³/mol. The van der Waals surface area contributed by atoms with Gasteiger partial charge >= 0.3 is 0 Å². The monoisotopic (exact) mass is 300 g/mol. The number of aromatic amines is 1. The minimum absolute atomic E-state index is 0.0276. The van der Waals surface area contributed by atoms with Gasteiger partial charge in [0.05, 0.1) is 0 Å². The van der Waals surface area contributed by atoms with Gasteiger partial charge in [0.2, 0.25) is 0 Å². The van der Waals surface area contributed by atoms with Crippen LogP contribution in [0.5, 0.6) is 0 Å². The molecule has 0 spiro atoms. The number of aryl methyl sites for hydroxylation is 1. The van der Waals surface area contributed by atoms with E-state index in [1.807, 2.05) is 6.92 Å². The van der Waals surface area contributed by atoms with Crippen LogP contribution in [0.4, 0.5) is 0 Å². The third kappa shape index (κ3) is 2.89. The lowest BCUT2D eigenvalue weighted by Gasteiger charge is -2.36. The molecule has 1 saturated heterocycles. The quantitative estimate of drug-likeness (QED) is 0.877. The standard InChI is InChI=1S/C13H24N4O2S/c1-10-11(8-14-4)12(16-15-10)20(18,19)17-7-5-6-13(2,3)9-17/h14H,5-9H2,1-4H3,(H,15,16). The largest absolute Gasteiger partial charge is 0.316 e. The van der Waals surface area contributed by atoms with Crippen LogP contribution in [0.2, 0.25) is 0 Å². The molecule has 1 aliphatic rings. The molecule has 2 rings (SSSR count). The van der Waals surface area contributed by atoms with E-state index in [0.717, 1.165) is 24.1 Å². The molecular weight excluding hydrogens is 276 g/mol. The highest BCUT2D eigenvalue weighted by Gasteiger charge is 2.36. The van der Waals surface area contributed by atoms with E-state index >= 15 is 0 Å². The van der Waals surface area contributed by atoms with Crippen LogP contribution in [0.3, 0.4) is 0 Å². The smallest absolute Gasteiger partial charge is 0.262 e. The SMILES string of the molecule is CNCc1c(S(=O)(=O)N2CCCC(C)(C)C2)n[nH]c1C. The minimum Gasteiger partial charge on any atom is -0.316 e. The van der Waals surface area contributed by atoms with E-state index in [2.05, 4.69) is 29.4 Å². The Labute approximate surface area is 121 Å². The van der Waals surface area contributed by atoms with Crippen LogP contribution in [0.25, 0.3) is 0 Å². The number of aromatic nitrogens is 2. The summed E-state index contributed by atoms with van der Waals surface area (Å²) in [5.41, 5.74) is 1.56. The van der Waals surface area contributed by atoms with Gasteiger partial charge in [-0.1, -0.05) is 13.8 Å². The van der Waals surface area contributed by atoms with Crippen LogP contribution < -0.4 is 5.32 Å². The second kappa shape index (κ2) is 5.46. The Kier molecular flexibility index (Phi) is 4.22. The fourth-order valence-electron chi connectivity index (χ4n) is 2.73. The van der Waals surface area contributed by atoms with Gasteiger partial charge in [0.15, 0.2) is 5.03 Å². The lowest BCUT2D eigenvalue weighted by atomic mass is 9.85. The number of H-pyrrole nitrogens is 1. The van der Waals surface area contributed by atoms with E-state index in [4.69, 9.17) is 0 Å². The molecule has 0 bridgehead atoms. The number of piperidine rings is 1. The van der Waals surface area contributed by atoms with Crippen molar-refractivity contribution in [1.29, 1.82) is 0 Å². The number of nitrogens with one attached hydrogen (secondary N) is 2. The van der Waals surface area contributed by atoms with Gasteiger partial charge in [-0.3, -0.25) is 5.10 Å². The van der Waals surface area contributed by atoms with Crippen molar-refractivity contribution in [3.8, 4) is 0 Å². The van der Waals surface area contributed by atoms with Crippen LogP contribution in [0, 0.1) is 12.3 Å². The number of hydrogen-bond acceptors (Lipinski definition) is 4. The summed E-state index contributed by atoms with van der Waals surface area (Å²) in [6.45, 7) is 7.70. The Bertz CT molecular complexity index is 577. The summed E-state index contributed by atoms with van der Waals surface area (Å²) in [6, 6.07) is 0. The third-order valence-corrected chi connectivity index (χ3v) is 5.66. The summed E-state index contributed by atoms with van der Waals surface area (Å²) in [6.07, 6.45) is 1.96. The van der Waals surface area contributed by atoms with Crippen molar-refractivity contribution in [3.05, 3.63) is 11.3 Å². The van der Waals surface area contributed by atoms with E-state index in [0.29, 0.717) is 19.6 Å². The van der Waals surface area contributed by atoms with Crippen LogP contribution in [0.15, 0.2) is 5.03 Å². The van der Waals surface area contributed by atoms with Crippen molar-refractivity contribution in [2.75, 3.05) is 20.1 Å². The zero-order valence-corrected chi connectivity index (χ0v) is 13.5. The number of hydrogen-bond donors (Lipinski definition) is 2. The van der Waals surface area contributed by atoms with Crippen molar-refractivity contribution < 1.29 is 8.42 Å². The highest BCUT2D eigenvalue weighted by atomic mass is 32.2. The molecular formula is C13H24N4O2S. The van der Waals surface area contributed by atoms with Crippen molar-refractivity contribution in [3.63, 3.8) is 0 Å². The molecule has 0 aliphatic carbocycles. The maximum atomic E-state index is 12.8. The molecule has 1 aromatic rings. The maximum Gasteiger partial charge on any atom is 0.262 e. The van der Waals surface area contributed by atoms with Crippen LogP contribution >= 0.6 is 0 Å². The first kappa shape index (κ1) is 15.5. The molecule has 0 amide bonds. The summed E-state index contributed by atoms with van der Waals surface area (Å²) >= 11 is 0. The molecule has 1 fully saturated rings. The van der Waals surface area contributed by atoms with E-state index < -0.39 is 10.0 Å². The lowest BCUT2D eigenvalue weighted by Crippen LogP contribution is -2.43. The van der Waals surface area contributed by atoms with Gasteiger partial charge in [-0.05, 0) is 32.2 Å². The topological polar surface area (TPSA) is 78.1 Å². The highest BCUT2D eigenvalue weighted by Crippen LogP contribution is 2.32. The molecule has 2 heterocycles. The van der Waals surface area contributed by atoms with Crippen molar-refractivity contribution in [1.82, 2.24) is 19.8 Å². The molecule has 0 unspecified atom stereocenters. The molecule has 1 aliphatic heterocycles. The Morgan fingerprint density at radius 1 is 1.45 bits per heavy atom. The van der Waals surface area contributed by atoms with E-state index in [-0.39, 0.29) is 10.4 Å². The molecule has 0 saturated carbocycles. The average Bonchev–Trinajstić information content (AvgIpc) is 2.71. The fourth-order valence-corrected chi connectivity index (χ4v) is 4.56. The molecule has 114 valence electrons. The van der Waals surface area contributed by atoms with E-state index in [1.54, 1.807) is 11.4 Å². The molecule has 20 heavy (non-hydrogen) atoms. The van der Waals surface area contributed by atoms with Gasteiger partial charge in [0.1, 0.15) is 0 Å². The Balaban J connectivity index is 2.35. The van der Waals surface area contributed by atoms with Gasteiger partial charge < -0.3 is 5.32 Å². The number of sulfonamides is 1. The second-order valence-electron chi connectivity index (χ2n) is 6.27.